The van der Waals surface area contributed by atoms with Gasteiger partial charge >= 0.3 is 5.97 Å². The average molecular weight is 527 g/mol. The number of carbonyl (C=O) groups is 1. The second kappa shape index (κ2) is 11.4. The Morgan fingerprint density at radius 2 is 1.78 bits per heavy atom. The SMILES string of the molecule is NCCCOC(=O)COc1ccc(-c2cc(=O)cc(N3CCOCC3)o2)c2c1Sc1ccccc1S2. The molecule has 10 heteroatoms. The average Bonchev–Trinajstić information content (AvgIpc) is 2.91. The zero-order valence-corrected chi connectivity index (χ0v) is 21.2. The van der Waals surface area contributed by atoms with E-state index in [1.807, 2.05) is 35.2 Å². The molecule has 0 aliphatic carbocycles. The topological polar surface area (TPSA) is 104 Å². The first-order valence-corrected chi connectivity index (χ1v) is 13.3. The molecule has 1 fully saturated rings. The highest BCUT2D eigenvalue weighted by atomic mass is 32.2. The van der Waals surface area contributed by atoms with E-state index in [0.29, 0.717) is 56.7 Å². The second-order valence-electron chi connectivity index (χ2n) is 8.17. The molecule has 3 aromatic rings. The van der Waals surface area contributed by atoms with Gasteiger partial charge in [0.15, 0.2) is 17.9 Å². The first kappa shape index (κ1) is 24.8. The fourth-order valence-corrected chi connectivity index (χ4v) is 6.35. The highest BCUT2D eigenvalue weighted by Crippen LogP contribution is 2.55. The predicted octanol–water partition coefficient (Wildman–Crippen LogP) is 4.03. The Hall–Kier alpha value is -2.92. The molecular weight excluding hydrogens is 500 g/mol. The molecule has 0 atom stereocenters. The van der Waals surface area contributed by atoms with E-state index in [9.17, 15) is 9.59 Å². The van der Waals surface area contributed by atoms with E-state index >= 15 is 0 Å². The minimum absolute atomic E-state index is 0.124. The molecule has 2 aromatic carbocycles. The van der Waals surface area contributed by atoms with Crippen LogP contribution in [-0.2, 0) is 14.3 Å². The molecule has 5 rings (SSSR count). The van der Waals surface area contributed by atoms with Gasteiger partial charge in [0.1, 0.15) is 11.5 Å². The summed E-state index contributed by atoms with van der Waals surface area (Å²) in [6, 6.07) is 14.8. The molecule has 1 saturated heterocycles. The van der Waals surface area contributed by atoms with Crippen molar-refractivity contribution >= 4 is 35.4 Å². The van der Waals surface area contributed by atoms with Gasteiger partial charge in [0.25, 0.3) is 0 Å². The smallest absolute Gasteiger partial charge is 0.344 e. The van der Waals surface area contributed by atoms with E-state index in [4.69, 9.17) is 24.4 Å². The lowest BCUT2D eigenvalue weighted by Crippen LogP contribution is -2.36. The highest BCUT2D eigenvalue weighted by molar-refractivity contribution is 8.05. The number of hydrogen-bond donors (Lipinski definition) is 1. The lowest BCUT2D eigenvalue weighted by Gasteiger charge is -2.27. The number of fused-ring (bicyclic) bond motifs is 2. The Bertz CT molecular complexity index is 1310. The number of rotatable bonds is 8. The van der Waals surface area contributed by atoms with Crippen LogP contribution in [0.1, 0.15) is 6.42 Å². The summed E-state index contributed by atoms with van der Waals surface area (Å²) in [7, 11) is 0. The number of nitrogens with two attached hydrogens (primary N) is 1. The minimum Gasteiger partial charge on any atom is -0.481 e. The van der Waals surface area contributed by atoms with E-state index in [1.165, 1.54) is 12.1 Å². The molecule has 0 radical (unpaired) electrons. The normalized spacial score (nSPS) is 14.6. The number of anilines is 1. The molecule has 0 bridgehead atoms. The van der Waals surface area contributed by atoms with Crippen molar-refractivity contribution in [2.24, 2.45) is 5.73 Å². The Kier molecular flexibility index (Phi) is 7.86. The first-order valence-electron chi connectivity index (χ1n) is 11.7. The van der Waals surface area contributed by atoms with Gasteiger partial charge < -0.3 is 29.3 Å². The Morgan fingerprint density at radius 1 is 1.03 bits per heavy atom. The number of carbonyl (C=O) groups excluding carboxylic acids is 1. The summed E-state index contributed by atoms with van der Waals surface area (Å²) >= 11 is 3.16. The van der Waals surface area contributed by atoms with E-state index in [0.717, 1.165) is 25.1 Å². The maximum absolute atomic E-state index is 12.6. The fourth-order valence-electron chi connectivity index (χ4n) is 3.87. The van der Waals surface area contributed by atoms with Crippen molar-refractivity contribution in [3.63, 3.8) is 0 Å². The van der Waals surface area contributed by atoms with Crippen molar-refractivity contribution in [3.8, 4) is 17.1 Å². The molecule has 0 unspecified atom stereocenters. The first-order chi connectivity index (χ1) is 17.6. The van der Waals surface area contributed by atoms with Crippen LogP contribution in [0.15, 0.2) is 77.3 Å². The summed E-state index contributed by atoms with van der Waals surface area (Å²) in [5.74, 6) is 1.15. The lowest BCUT2D eigenvalue weighted by atomic mass is 10.1. The van der Waals surface area contributed by atoms with Gasteiger partial charge in [-0.2, -0.15) is 0 Å². The second-order valence-corrected chi connectivity index (χ2v) is 10.3. The van der Waals surface area contributed by atoms with Crippen LogP contribution in [0, 0.1) is 0 Å². The van der Waals surface area contributed by atoms with Gasteiger partial charge in [0.2, 0.25) is 0 Å². The van der Waals surface area contributed by atoms with Gasteiger partial charge in [-0.3, -0.25) is 4.79 Å². The molecule has 0 amide bonds. The van der Waals surface area contributed by atoms with Crippen LogP contribution in [0.25, 0.3) is 11.3 Å². The monoisotopic (exact) mass is 526 g/mol. The van der Waals surface area contributed by atoms with Crippen LogP contribution >= 0.6 is 23.5 Å². The van der Waals surface area contributed by atoms with Gasteiger partial charge in [0, 0.05) is 45.5 Å². The predicted molar refractivity (Wildman–Crippen MR) is 138 cm³/mol. The summed E-state index contributed by atoms with van der Waals surface area (Å²) in [6.45, 7) is 3.03. The van der Waals surface area contributed by atoms with Crippen molar-refractivity contribution < 1.29 is 23.4 Å². The number of nitrogens with zero attached hydrogens (tertiary/aromatic N) is 1. The number of hydrogen-bond acceptors (Lipinski definition) is 10. The summed E-state index contributed by atoms with van der Waals surface area (Å²) in [4.78, 5) is 30.7. The Balaban J connectivity index is 1.49. The molecule has 2 aliphatic heterocycles. The number of benzene rings is 2. The standard InChI is InChI=1S/C26H26N2O6S2/c27-8-3-11-32-24(30)16-33-19-7-6-18(25-26(19)36-22-5-2-1-4-21(22)35-25)20-14-17(29)15-23(34-20)28-9-12-31-13-10-28/h1-2,4-7,14-15H,3,8-13,16,27H2. The zero-order chi connectivity index (χ0) is 24.9. The quantitative estimate of drug-likeness (QED) is 0.267. The van der Waals surface area contributed by atoms with Gasteiger partial charge in [-0.1, -0.05) is 35.7 Å². The van der Waals surface area contributed by atoms with E-state index in [-0.39, 0.29) is 18.6 Å². The molecule has 36 heavy (non-hydrogen) atoms. The molecule has 2 N–H and O–H groups in total. The van der Waals surface area contributed by atoms with Gasteiger partial charge in [-0.25, -0.2) is 4.79 Å². The van der Waals surface area contributed by atoms with Crippen LogP contribution in [0.5, 0.6) is 5.75 Å². The molecule has 3 heterocycles. The third-order valence-electron chi connectivity index (χ3n) is 5.65. The minimum atomic E-state index is -0.445. The molecule has 0 spiro atoms. The van der Waals surface area contributed by atoms with Crippen LogP contribution in [0.4, 0.5) is 5.88 Å². The van der Waals surface area contributed by atoms with Crippen LogP contribution in [0.2, 0.25) is 0 Å². The van der Waals surface area contributed by atoms with Crippen molar-refractivity contribution in [1.82, 2.24) is 0 Å². The molecule has 8 nitrogen and oxygen atoms in total. The van der Waals surface area contributed by atoms with Gasteiger partial charge in [-0.15, -0.1) is 0 Å². The molecule has 2 aliphatic rings. The third-order valence-corrected chi connectivity index (χ3v) is 8.30. The van der Waals surface area contributed by atoms with E-state index < -0.39 is 5.97 Å². The largest absolute Gasteiger partial charge is 0.481 e. The summed E-state index contributed by atoms with van der Waals surface area (Å²) in [5, 5.41) is 0. The molecule has 1 aromatic heterocycles. The number of ether oxygens (including phenoxy) is 3. The van der Waals surface area contributed by atoms with Crippen LogP contribution in [-0.4, -0.2) is 52.0 Å². The van der Waals surface area contributed by atoms with Gasteiger partial charge in [0.05, 0.1) is 24.7 Å². The van der Waals surface area contributed by atoms with E-state index in [1.54, 1.807) is 23.5 Å². The lowest BCUT2D eigenvalue weighted by molar-refractivity contribution is -0.146. The van der Waals surface area contributed by atoms with Crippen molar-refractivity contribution in [2.75, 3.05) is 51.0 Å². The summed E-state index contributed by atoms with van der Waals surface area (Å²) < 4.78 is 22.7. The van der Waals surface area contributed by atoms with Crippen molar-refractivity contribution in [3.05, 3.63) is 58.8 Å². The van der Waals surface area contributed by atoms with Crippen LogP contribution < -0.4 is 20.8 Å². The third kappa shape index (κ3) is 5.57. The van der Waals surface area contributed by atoms with E-state index in [2.05, 4.69) is 6.07 Å². The molecular formula is C26H26N2O6S2. The summed E-state index contributed by atoms with van der Waals surface area (Å²) in [6.07, 6.45) is 0.605. The van der Waals surface area contributed by atoms with Gasteiger partial charge in [-0.05, 0) is 37.2 Å². The maximum atomic E-state index is 12.6. The van der Waals surface area contributed by atoms with Crippen molar-refractivity contribution in [2.45, 2.75) is 26.0 Å². The van der Waals surface area contributed by atoms with Crippen LogP contribution in [0.3, 0.4) is 0 Å². The molecule has 188 valence electrons. The summed E-state index contributed by atoms with van der Waals surface area (Å²) in [5.41, 5.74) is 6.12. The molecule has 0 saturated carbocycles. The number of esters is 1. The Morgan fingerprint density at radius 3 is 2.53 bits per heavy atom. The van der Waals surface area contributed by atoms with Crippen molar-refractivity contribution in [1.29, 1.82) is 0 Å². The number of morpholine rings is 1. The maximum Gasteiger partial charge on any atom is 0.344 e. The zero-order valence-electron chi connectivity index (χ0n) is 19.6. The Labute approximate surface area is 217 Å². The highest BCUT2D eigenvalue weighted by Gasteiger charge is 2.26. The fraction of sp³-hybridized carbons (Fsp3) is 0.308.